The number of Topliss-reactive ketones (excluding diaryl/α,β-unsaturated/α-hetero) is 1. The fraction of sp³-hybridized carbons (Fsp3) is 0.150. The van der Waals surface area contributed by atoms with Crippen molar-refractivity contribution >= 4 is 17.4 Å². The van der Waals surface area contributed by atoms with Crippen molar-refractivity contribution in [3.63, 3.8) is 0 Å². The van der Waals surface area contributed by atoms with Crippen molar-refractivity contribution in [1.29, 1.82) is 5.26 Å². The number of ether oxygens (including phenoxy) is 3. The number of para-hydroxylation sites is 1. The number of nitrogens with one attached hydrogen (secondary N) is 2. The molecule has 2 aromatic rings. The van der Waals surface area contributed by atoms with E-state index in [0.29, 0.717) is 17.0 Å². The Labute approximate surface area is 161 Å². The molecule has 1 aliphatic heterocycles. The molecular formula is C20H17N3O5. The molecule has 8 nitrogen and oxygen atoms in total. The van der Waals surface area contributed by atoms with E-state index in [1.54, 1.807) is 24.3 Å². The molecule has 8 heteroatoms. The van der Waals surface area contributed by atoms with E-state index in [2.05, 4.69) is 10.6 Å². The summed E-state index contributed by atoms with van der Waals surface area (Å²) in [5, 5.41) is 15.1. The first-order chi connectivity index (χ1) is 13.5. The summed E-state index contributed by atoms with van der Waals surface area (Å²) in [6.45, 7) is 0. The molecule has 3 rings (SSSR count). The number of anilines is 1. The molecule has 0 radical (unpaired) electrons. The molecule has 0 bridgehead atoms. The molecule has 1 amide bonds. The Morgan fingerprint density at radius 2 is 1.64 bits per heavy atom. The Morgan fingerprint density at radius 1 is 1.00 bits per heavy atom. The SMILES string of the molecule is COc1cc(C(=O)/C(C#N)=C2/NC(=O)c3ccccc3N2)cc(OC)c1OC. The molecule has 2 aromatic carbocycles. The summed E-state index contributed by atoms with van der Waals surface area (Å²) in [7, 11) is 4.30. The minimum atomic E-state index is -0.607. The van der Waals surface area contributed by atoms with Crippen LogP contribution in [-0.2, 0) is 0 Å². The minimum absolute atomic E-state index is 0.0185. The third-order valence-corrected chi connectivity index (χ3v) is 4.19. The van der Waals surface area contributed by atoms with Gasteiger partial charge in [-0.05, 0) is 24.3 Å². The third kappa shape index (κ3) is 3.21. The predicted octanol–water partition coefficient (Wildman–Crippen LogP) is 2.49. The number of amides is 1. The van der Waals surface area contributed by atoms with Gasteiger partial charge in [0.25, 0.3) is 5.91 Å². The first-order valence-corrected chi connectivity index (χ1v) is 8.20. The molecule has 0 atom stereocenters. The maximum Gasteiger partial charge on any atom is 0.258 e. The number of methoxy groups -OCH3 is 3. The number of allylic oxidation sites excluding steroid dienone is 1. The largest absolute Gasteiger partial charge is 0.493 e. The van der Waals surface area contributed by atoms with Crippen molar-refractivity contribution in [2.75, 3.05) is 26.6 Å². The Kier molecular flexibility index (Phi) is 5.18. The number of hydrogen-bond acceptors (Lipinski definition) is 7. The highest BCUT2D eigenvalue weighted by Crippen LogP contribution is 2.38. The molecule has 28 heavy (non-hydrogen) atoms. The highest BCUT2D eigenvalue weighted by molar-refractivity contribution is 6.14. The van der Waals surface area contributed by atoms with Crippen LogP contribution in [-0.4, -0.2) is 33.0 Å². The maximum absolute atomic E-state index is 13.0. The number of rotatable bonds is 5. The smallest absolute Gasteiger partial charge is 0.258 e. The second-order valence-electron chi connectivity index (χ2n) is 5.73. The van der Waals surface area contributed by atoms with E-state index in [-0.39, 0.29) is 28.5 Å². The van der Waals surface area contributed by atoms with Crippen molar-refractivity contribution in [3.05, 3.63) is 58.9 Å². The number of ketones is 1. The van der Waals surface area contributed by atoms with Gasteiger partial charge in [-0.2, -0.15) is 5.26 Å². The van der Waals surface area contributed by atoms with Gasteiger partial charge in [-0.3, -0.25) is 9.59 Å². The average molecular weight is 379 g/mol. The molecule has 0 spiro atoms. The number of carbonyl (C=O) groups excluding carboxylic acids is 2. The molecule has 0 fully saturated rings. The van der Waals surface area contributed by atoms with Gasteiger partial charge in [0.1, 0.15) is 17.5 Å². The third-order valence-electron chi connectivity index (χ3n) is 4.19. The van der Waals surface area contributed by atoms with Crippen LogP contribution in [0, 0.1) is 11.3 Å². The standard InChI is InChI=1S/C20H17N3O5/c1-26-15-8-11(9-16(27-2)18(15)28-3)17(24)13(10-21)19-22-14-7-5-4-6-12(14)20(25)23-19/h4-9,22H,1-3H3,(H,23,25)/b19-13+. The lowest BCUT2D eigenvalue weighted by Crippen LogP contribution is -2.34. The number of nitrogens with zero attached hydrogens (tertiary/aromatic N) is 1. The topological polar surface area (TPSA) is 110 Å². The van der Waals surface area contributed by atoms with Crippen molar-refractivity contribution in [2.24, 2.45) is 0 Å². The van der Waals surface area contributed by atoms with Crippen molar-refractivity contribution in [3.8, 4) is 23.3 Å². The molecule has 0 aromatic heterocycles. The van der Waals surface area contributed by atoms with Crippen LogP contribution in [0.4, 0.5) is 5.69 Å². The van der Waals surface area contributed by atoms with Gasteiger partial charge in [-0.25, -0.2) is 0 Å². The number of hydrogen-bond donors (Lipinski definition) is 2. The van der Waals surface area contributed by atoms with Gasteiger partial charge < -0.3 is 24.8 Å². The lowest BCUT2D eigenvalue weighted by atomic mass is 10.0. The normalized spacial score (nSPS) is 14.0. The van der Waals surface area contributed by atoms with E-state index in [4.69, 9.17) is 14.2 Å². The summed E-state index contributed by atoms with van der Waals surface area (Å²) in [5.41, 5.74) is 0.820. The number of fused-ring (bicyclic) bond motifs is 1. The Hall–Kier alpha value is -3.99. The fourth-order valence-corrected chi connectivity index (χ4v) is 2.84. The van der Waals surface area contributed by atoms with Gasteiger partial charge in [0.05, 0.1) is 32.6 Å². The fourth-order valence-electron chi connectivity index (χ4n) is 2.84. The van der Waals surface area contributed by atoms with Crippen molar-refractivity contribution < 1.29 is 23.8 Å². The highest BCUT2D eigenvalue weighted by Gasteiger charge is 2.26. The zero-order chi connectivity index (χ0) is 20.3. The number of benzene rings is 2. The molecule has 0 aliphatic carbocycles. The van der Waals surface area contributed by atoms with Crippen molar-refractivity contribution in [2.45, 2.75) is 0 Å². The van der Waals surface area contributed by atoms with Crippen LogP contribution in [0.3, 0.4) is 0 Å². The Bertz CT molecular complexity index is 1010. The first-order valence-electron chi connectivity index (χ1n) is 8.20. The van der Waals surface area contributed by atoms with Crippen LogP contribution in [0.15, 0.2) is 47.8 Å². The minimum Gasteiger partial charge on any atom is -0.493 e. The van der Waals surface area contributed by atoms with Crippen LogP contribution >= 0.6 is 0 Å². The monoisotopic (exact) mass is 379 g/mol. The van der Waals surface area contributed by atoms with Gasteiger partial charge in [0.2, 0.25) is 11.5 Å². The van der Waals surface area contributed by atoms with Gasteiger partial charge in [0, 0.05) is 5.56 Å². The van der Waals surface area contributed by atoms with Gasteiger partial charge >= 0.3 is 0 Å². The molecule has 1 aliphatic rings. The predicted molar refractivity (Wildman–Crippen MR) is 101 cm³/mol. The summed E-state index contributed by atoms with van der Waals surface area (Å²) in [6, 6.07) is 11.6. The zero-order valence-electron chi connectivity index (χ0n) is 15.5. The molecule has 0 saturated heterocycles. The molecule has 2 N–H and O–H groups in total. The van der Waals surface area contributed by atoms with E-state index >= 15 is 0 Å². The van der Waals surface area contributed by atoms with Gasteiger partial charge in [-0.1, -0.05) is 12.1 Å². The quantitative estimate of drug-likeness (QED) is 0.466. The van der Waals surface area contributed by atoms with Crippen molar-refractivity contribution in [1.82, 2.24) is 5.32 Å². The van der Waals surface area contributed by atoms with Crippen LogP contribution in [0.1, 0.15) is 20.7 Å². The lowest BCUT2D eigenvalue weighted by molar-refractivity contribution is 0.0963. The molecule has 0 saturated carbocycles. The van der Waals surface area contributed by atoms with Crippen LogP contribution in [0.2, 0.25) is 0 Å². The second kappa shape index (κ2) is 7.72. The van der Waals surface area contributed by atoms with E-state index in [1.165, 1.54) is 33.5 Å². The Morgan fingerprint density at radius 3 is 2.21 bits per heavy atom. The van der Waals surface area contributed by atoms with Gasteiger partial charge in [-0.15, -0.1) is 0 Å². The summed E-state index contributed by atoms with van der Waals surface area (Å²) in [6.07, 6.45) is 0. The van der Waals surface area contributed by atoms with Gasteiger partial charge in [0.15, 0.2) is 11.5 Å². The Balaban J connectivity index is 2.07. The average Bonchev–Trinajstić information content (AvgIpc) is 2.73. The molecule has 1 heterocycles. The molecule has 0 unspecified atom stereocenters. The molecular weight excluding hydrogens is 362 g/mol. The summed E-state index contributed by atoms with van der Waals surface area (Å²) >= 11 is 0. The summed E-state index contributed by atoms with van der Waals surface area (Å²) in [5.74, 6) is -0.119. The highest BCUT2D eigenvalue weighted by atomic mass is 16.5. The second-order valence-corrected chi connectivity index (χ2v) is 5.73. The van der Waals surface area contributed by atoms with Crippen LogP contribution in [0.5, 0.6) is 17.2 Å². The van der Waals surface area contributed by atoms with Crippen LogP contribution in [0.25, 0.3) is 0 Å². The van der Waals surface area contributed by atoms with E-state index < -0.39 is 11.7 Å². The lowest BCUT2D eigenvalue weighted by Gasteiger charge is -2.22. The number of carbonyl (C=O) groups is 2. The maximum atomic E-state index is 13.0. The van der Waals surface area contributed by atoms with E-state index in [0.717, 1.165) is 0 Å². The van der Waals surface area contributed by atoms with Crippen LogP contribution < -0.4 is 24.8 Å². The van der Waals surface area contributed by atoms with E-state index in [1.807, 2.05) is 6.07 Å². The molecule has 142 valence electrons. The number of nitriles is 1. The summed E-state index contributed by atoms with van der Waals surface area (Å²) in [4.78, 5) is 25.3. The summed E-state index contributed by atoms with van der Waals surface area (Å²) < 4.78 is 15.7. The van der Waals surface area contributed by atoms with E-state index in [9.17, 15) is 14.9 Å². The zero-order valence-corrected chi connectivity index (χ0v) is 15.5. The first kappa shape index (κ1) is 18.8.